The van der Waals surface area contributed by atoms with Crippen molar-refractivity contribution in [3.63, 3.8) is 0 Å². The summed E-state index contributed by atoms with van der Waals surface area (Å²) in [5, 5.41) is 10.1. The molecule has 0 bridgehead atoms. The topological polar surface area (TPSA) is 53.2 Å². The lowest BCUT2D eigenvalue weighted by atomic mass is 10.0. The van der Waals surface area contributed by atoms with Crippen LogP contribution in [0, 0.1) is 0 Å². The molecule has 0 aliphatic carbocycles. The van der Waals surface area contributed by atoms with Crippen LogP contribution in [0.1, 0.15) is 13.3 Å². The van der Waals surface area contributed by atoms with E-state index < -0.39 is 0 Å². The highest BCUT2D eigenvalue weighted by Crippen LogP contribution is 2.29. The first-order chi connectivity index (χ1) is 9.00. The van der Waals surface area contributed by atoms with Crippen LogP contribution in [0.5, 0.6) is 0 Å². The van der Waals surface area contributed by atoms with Gasteiger partial charge in [0.2, 0.25) is 5.91 Å². The number of benzene rings is 1. The van der Waals surface area contributed by atoms with Crippen molar-refractivity contribution in [2.45, 2.75) is 18.9 Å². The van der Waals surface area contributed by atoms with E-state index in [-0.39, 0.29) is 18.0 Å². The van der Waals surface area contributed by atoms with Crippen LogP contribution in [-0.2, 0) is 4.79 Å². The molecule has 0 aromatic heterocycles. The SMILES string of the molecule is CC1(NCC(=O)Nc2c(Cl)cccc2Cl)CCNC1. The summed E-state index contributed by atoms with van der Waals surface area (Å²) in [7, 11) is 0. The number of hydrogen-bond donors (Lipinski definition) is 3. The fourth-order valence-electron chi connectivity index (χ4n) is 2.06. The predicted molar refractivity (Wildman–Crippen MR) is 79.0 cm³/mol. The Morgan fingerprint density at radius 2 is 2.11 bits per heavy atom. The molecule has 2 rings (SSSR count). The third kappa shape index (κ3) is 3.83. The Hall–Kier alpha value is -0.810. The van der Waals surface area contributed by atoms with E-state index in [9.17, 15) is 4.79 Å². The molecule has 0 saturated carbocycles. The maximum Gasteiger partial charge on any atom is 0.238 e. The minimum atomic E-state index is -0.150. The van der Waals surface area contributed by atoms with Gasteiger partial charge < -0.3 is 16.0 Å². The average molecular weight is 302 g/mol. The van der Waals surface area contributed by atoms with E-state index >= 15 is 0 Å². The lowest BCUT2D eigenvalue weighted by Crippen LogP contribution is -2.47. The summed E-state index contributed by atoms with van der Waals surface area (Å²) in [6.07, 6.45) is 1.01. The zero-order valence-corrected chi connectivity index (χ0v) is 12.2. The molecule has 1 heterocycles. The number of hydrogen-bond acceptors (Lipinski definition) is 3. The zero-order chi connectivity index (χ0) is 13.9. The predicted octanol–water partition coefficient (Wildman–Crippen LogP) is 2.27. The van der Waals surface area contributed by atoms with Crippen molar-refractivity contribution in [2.24, 2.45) is 0 Å². The van der Waals surface area contributed by atoms with Gasteiger partial charge in [0.05, 0.1) is 22.3 Å². The van der Waals surface area contributed by atoms with Crippen LogP contribution >= 0.6 is 23.2 Å². The Morgan fingerprint density at radius 1 is 1.42 bits per heavy atom. The van der Waals surface area contributed by atoms with E-state index in [4.69, 9.17) is 23.2 Å². The second-order valence-corrected chi connectivity index (χ2v) is 5.80. The molecule has 1 atom stereocenters. The normalized spacial score (nSPS) is 22.5. The van der Waals surface area contributed by atoms with Crippen molar-refractivity contribution in [3.05, 3.63) is 28.2 Å². The van der Waals surface area contributed by atoms with Crippen LogP contribution in [-0.4, -0.2) is 31.1 Å². The lowest BCUT2D eigenvalue weighted by molar-refractivity contribution is -0.115. The van der Waals surface area contributed by atoms with Gasteiger partial charge in [-0.3, -0.25) is 4.79 Å². The molecule has 1 amide bonds. The smallest absolute Gasteiger partial charge is 0.238 e. The molecule has 1 saturated heterocycles. The van der Waals surface area contributed by atoms with Gasteiger partial charge in [0.1, 0.15) is 0 Å². The number of amides is 1. The minimum Gasteiger partial charge on any atom is -0.322 e. The van der Waals surface area contributed by atoms with Crippen LogP contribution < -0.4 is 16.0 Å². The Morgan fingerprint density at radius 3 is 2.68 bits per heavy atom. The molecule has 1 fully saturated rings. The van der Waals surface area contributed by atoms with Crippen LogP contribution in [0.25, 0.3) is 0 Å². The zero-order valence-electron chi connectivity index (χ0n) is 10.7. The minimum absolute atomic E-state index is 0.0262. The number of para-hydroxylation sites is 1. The van der Waals surface area contributed by atoms with Gasteiger partial charge >= 0.3 is 0 Å². The van der Waals surface area contributed by atoms with E-state index in [0.29, 0.717) is 15.7 Å². The van der Waals surface area contributed by atoms with Gasteiger partial charge in [-0.1, -0.05) is 29.3 Å². The third-order valence-corrected chi connectivity index (χ3v) is 3.90. The molecule has 6 heteroatoms. The average Bonchev–Trinajstić information content (AvgIpc) is 2.79. The number of halogens is 2. The largest absolute Gasteiger partial charge is 0.322 e. The molecule has 1 aromatic carbocycles. The van der Waals surface area contributed by atoms with E-state index in [1.54, 1.807) is 18.2 Å². The van der Waals surface area contributed by atoms with Crippen molar-refractivity contribution in [1.29, 1.82) is 0 Å². The van der Waals surface area contributed by atoms with Gasteiger partial charge in [0.25, 0.3) is 0 Å². The van der Waals surface area contributed by atoms with Crippen molar-refractivity contribution >= 4 is 34.8 Å². The summed E-state index contributed by atoms with van der Waals surface area (Å²) in [5.74, 6) is -0.150. The van der Waals surface area contributed by atoms with Gasteiger partial charge in [-0.25, -0.2) is 0 Å². The van der Waals surface area contributed by atoms with E-state index in [1.807, 2.05) is 0 Å². The highest BCUT2D eigenvalue weighted by atomic mass is 35.5. The summed E-state index contributed by atoms with van der Waals surface area (Å²) in [4.78, 5) is 11.9. The van der Waals surface area contributed by atoms with Gasteiger partial charge in [-0.15, -0.1) is 0 Å². The first-order valence-corrected chi connectivity index (χ1v) is 6.95. The Bertz CT molecular complexity index is 453. The monoisotopic (exact) mass is 301 g/mol. The fourth-order valence-corrected chi connectivity index (χ4v) is 2.55. The van der Waals surface area contributed by atoms with Crippen LogP contribution in [0.15, 0.2) is 18.2 Å². The van der Waals surface area contributed by atoms with Crippen molar-refractivity contribution in [2.75, 3.05) is 25.0 Å². The van der Waals surface area contributed by atoms with E-state index in [2.05, 4.69) is 22.9 Å². The lowest BCUT2D eigenvalue weighted by Gasteiger charge is -2.24. The number of rotatable bonds is 4. The maximum absolute atomic E-state index is 11.9. The number of carbonyl (C=O) groups excluding carboxylic acids is 1. The first-order valence-electron chi connectivity index (χ1n) is 6.20. The fraction of sp³-hybridized carbons (Fsp3) is 0.462. The van der Waals surface area contributed by atoms with Gasteiger partial charge in [0.15, 0.2) is 0 Å². The third-order valence-electron chi connectivity index (χ3n) is 3.27. The Balaban J connectivity index is 1.91. The van der Waals surface area contributed by atoms with Crippen LogP contribution in [0.4, 0.5) is 5.69 Å². The van der Waals surface area contributed by atoms with E-state index in [1.165, 1.54) is 0 Å². The Kier molecular flexibility index (Phi) is 4.68. The van der Waals surface area contributed by atoms with E-state index in [0.717, 1.165) is 19.5 Å². The second kappa shape index (κ2) is 6.09. The molecular formula is C13H17Cl2N3O. The molecule has 1 aliphatic heterocycles. The van der Waals surface area contributed by atoms with Gasteiger partial charge in [-0.2, -0.15) is 0 Å². The molecule has 3 N–H and O–H groups in total. The molecule has 1 unspecified atom stereocenters. The molecule has 104 valence electrons. The number of carbonyl (C=O) groups is 1. The molecule has 1 aromatic rings. The van der Waals surface area contributed by atoms with Crippen molar-refractivity contribution in [1.82, 2.24) is 10.6 Å². The second-order valence-electron chi connectivity index (χ2n) is 4.99. The summed E-state index contributed by atoms with van der Waals surface area (Å²) in [5.41, 5.74) is 0.439. The summed E-state index contributed by atoms with van der Waals surface area (Å²) >= 11 is 12.0. The van der Waals surface area contributed by atoms with Crippen molar-refractivity contribution < 1.29 is 4.79 Å². The standard InChI is InChI=1S/C13H17Cl2N3O/c1-13(5-6-16-8-13)17-7-11(19)18-12-9(14)3-2-4-10(12)15/h2-4,16-17H,5-8H2,1H3,(H,18,19). The highest BCUT2D eigenvalue weighted by Gasteiger charge is 2.28. The van der Waals surface area contributed by atoms with Gasteiger partial charge in [0, 0.05) is 12.1 Å². The molecule has 0 spiro atoms. The van der Waals surface area contributed by atoms with Crippen LogP contribution in [0.3, 0.4) is 0 Å². The van der Waals surface area contributed by atoms with Crippen LogP contribution in [0.2, 0.25) is 10.0 Å². The molecule has 1 aliphatic rings. The summed E-state index contributed by atoms with van der Waals surface area (Å²) < 4.78 is 0. The number of nitrogens with one attached hydrogen (secondary N) is 3. The summed E-state index contributed by atoms with van der Waals surface area (Å²) in [6.45, 7) is 4.18. The molecule has 4 nitrogen and oxygen atoms in total. The summed E-state index contributed by atoms with van der Waals surface area (Å²) in [6, 6.07) is 5.13. The molecular weight excluding hydrogens is 285 g/mol. The maximum atomic E-state index is 11.9. The molecule has 19 heavy (non-hydrogen) atoms. The number of anilines is 1. The quantitative estimate of drug-likeness (QED) is 0.800. The highest BCUT2D eigenvalue weighted by molar-refractivity contribution is 6.39. The first kappa shape index (κ1) is 14.6. The molecule has 0 radical (unpaired) electrons. The van der Waals surface area contributed by atoms with Gasteiger partial charge in [-0.05, 0) is 32.0 Å². The van der Waals surface area contributed by atoms with Crippen molar-refractivity contribution in [3.8, 4) is 0 Å². The Labute approximate surface area is 122 Å².